The SMILES string of the molecule is O=S(=O)(C[C@@H]1CCCN1S(=O)(=O)c1ccccc1Cl)c1ccccc1. The summed E-state index contributed by atoms with van der Waals surface area (Å²) in [6.45, 7) is 0.294. The van der Waals surface area contributed by atoms with Crippen molar-refractivity contribution in [1.29, 1.82) is 0 Å². The van der Waals surface area contributed by atoms with Crippen molar-refractivity contribution in [2.75, 3.05) is 12.3 Å². The van der Waals surface area contributed by atoms with Crippen LogP contribution < -0.4 is 0 Å². The molecule has 1 aliphatic heterocycles. The van der Waals surface area contributed by atoms with Crippen molar-refractivity contribution in [2.45, 2.75) is 28.7 Å². The third-order valence-corrected chi connectivity index (χ3v) is 8.53. The van der Waals surface area contributed by atoms with Crippen molar-refractivity contribution < 1.29 is 16.8 Å². The van der Waals surface area contributed by atoms with Crippen molar-refractivity contribution in [3.05, 3.63) is 59.6 Å². The maximum absolute atomic E-state index is 12.9. The Hall–Kier alpha value is -1.41. The Morgan fingerprint density at radius 1 is 0.960 bits per heavy atom. The van der Waals surface area contributed by atoms with Crippen molar-refractivity contribution in [2.24, 2.45) is 0 Å². The van der Waals surface area contributed by atoms with Gasteiger partial charge < -0.3 is 0 Å². The second-order valence-corrected chi connectivity index (χ2v) is 10.2. The van der Waals surface area contributed by atoms with E-state index in [1.807, 2.05) is 0 Å². The highest BCUT2D eigenvalue weighted by molar-refractivity contribution is 7.91. The van der Waals surface area contributed by atoms with Crippen LogP contribution in [0.3, 0.4) is 0 Å². The zero-order valence-corrected chi connectivity index (χ0v) is 15.8. The number of sulfone groups is 1. The van der Waals surface area contributed by atoms with E-state index in [0.29, 0.717) is 19.4 Å². The molecule has 134 valence electrons. The minimum Gasteiger partial charge on any atom is -0.224 e. The van der Waals surface area contributed by atoms with Gasteiger partial charge in [0.25, 0.3) is 0 Å². The van der Waals surface area contributed by atoms with Crippen molar-refractivity contribution in [3.8, 4) is 0 Å². The predicted molar refractivity (Wildman–Crippen MR) is 96.9 cm³/mol. The molecule has 2 aromatic carbocycles. The van der Waals surface area contributed by atoms with Gasteiger partial charge in [-0.25, -0.2) is 16.8 Å². The Labute approximate surface area is 153 Å². The summed E-state index contributed by atoms with van der Waals surface area (Å²) < 4.78 is 52.4. The van der Waals surface area contributed by atoms with Gasteiger partial charge in [0.2, 0.25) is 10.0 Å². The van der Waals surface area contributed by atoms with Crippen LogP contribution in [0.4, 0.5) is 0 Å². The highest BCUT2D eigenvalue weighted by atomic mass is 35.5. The summed E-state index contributed by atoms with van der Waals surface area (Å²) >= 11 is 6.04. The molecule has 0 aromatic heterocycles. The normalized spacial score (nSPS) is 19.2. The summed E-state index contributed by atoms with van der Waals surface area (Å²) in [7, 11) is -7.40. The summed E-state index contributed by atoms with van der Waals surface area (Å²) in [5.41, 5.74) is 0. The molecular formula is C17H18ClNO4S2. The van der Waals surface area contributed by atoms with E-state index in [0.717, 1.165) is 0 Å². The van der Waals surface area contributed by atoms with Crippen LogP contribution in [0.5, 0.6) is 0 Å². The van der Waals surface area contributed by atoms with Crippen LogP contribution in [0.25, 0.3) is 0 Å². The maximum atomic E-state index is 12.9. The Kier molecular flexibility index (Phi) is 5.20. The first-order valence-electron chi connectivity index (χ1n) is 7.86. The Morgan fingerprint density at radius 2 is 1.60 bits per heavy atom. The smallest absolute Gasteiger partial charge is 0.224 e. The highest BCUT2D eigenvalue weighted by Crippen LogP contribution is 2.31. The Morgan fingerprint density at radius 3 is 2.28 bits per heavy atom. The summed E-state index contributed by atoms with van der Waals surface area (Å²) in [6.07, 6.45) is 1.13. The van der Waals surface area contributed by atoms with Crippen LogP contribution in [0.2, 0.25) is 5.02 Å². The van der Waals surface area contributed by atoms with Gasteiger partial charge in [0, 0.05) is 12.6 Å². The van der Waals surface area contributed by atoms with Crippen LogP contribution in [-0.4, -0.2) is 39.5 Å². The van der Waals surface area contributed by atoms with E-state index < -0.39 is 25.9 Å². The fourth-order valence-electron chi connectivity index (χ4n) is 3.05. The number of nitrogens with zero attached hydrogens (tertiary/aromatic N) is 1. The van der Waals surface area contributed by atoms with E-state index in [9.17, 15) is 16.8 Å². The molecule has 0 unspecified atom stereocenters. The molecule has 2 aromatic rings. The monoisotopic (exact) mass is 399 g/mol. The van der Waals surface area contributed by atoms with Gasteiger partial charge in [0.1, 0.15) is 4.90 Å². The van der Waals surface area contributed by atoms with Crippen LogP contribution >= 0.6 is 11.6 Å². The topological polar surface area (TPSA) is 71.5 Å². The Balaban J connectivity index is 1.90. The fourth-order valence-corrected chi connectivity index (χ4v) is 6.95. The van der Waals surface area contributed by atoms with E-state index in [1.165, 1.54) is 28.6 Å². The lowest BCUT2D eigenvalue weighted by Crippen LogP contribution is -2.39. The molecule has 8 heteroatoms. The average molecular weight is 400 g/mol. The lowest BCUT2D eigenvalue weighted by atomic mass is 10.3. The van der Waals surface area contributed by atoms with Gasteiger partial charge in [-0.1, -0.05) is 41.9 Å². The van der Waals surface area contributed by atoms with E-state index >= 15 is 0 Å². The lowest BCUT2D eigenvalue weighted by molar-refractivity contribution is 0.408. The number of sulfonamides is 1. The van der Waals surface area contributed by atoms with E-state index in [1.54, 1.807) is 30.3 Å². The molecule has 0 N–H and O–H groups in total. The molecule has 3 rings (SSSR count). The standard InChI is InChI=1S/C17H18ClNO4S2/c18-16-10-4-5-11-17(16)25(22,23)19-12-6-7-14(19)13-24(20,21)15-8-2-1-3-9-15/h1-5,8-11,14H,6-7,12-13H2/t14-/m0/s1. The molecular weight excluding hydrogens is 382 g/mol. The van der Waals surface area contributed by atoms with Gasteiger partial charge in [-0.15, -0.1) is 0 Å². The molecule has 5 nitrogen and oxygen atoms in total. The molecule has 1 saturated heterocycles. The minimum atomic E-state index is -3.84. The third kappa shape index (κ3) is 3.74. The van der Waals surface area contributed by atoms with E-state index in [-0.39, 0.29) is 20.6 Å². The average Bonchev–Trinajstić information content (AvgIpc) is 3.04. The first-order valence-corrected chi connectivity index (χ1v) is 11.3. The minimum absolute atomic E-state index is 0.0145. The predicted octanol–water partition coefficient (Wildman–Crippen LogP) is 2.97. The van der Waals surface area contributed by atoms with Gasteiger partial charge in [0.05, 0.1) is 15.7 Å². The van der Waals surface area contributed by atoms with Crippen LogP contribution in [-0.2, 0) is 19.9 Å². The molecule has 0 spiro atoms. The van der Waals surface area contributed by atoms with Crippen molar-refractivity contribution in [3.63, 3.8) is 0 Å². The maximum Gasteiger partial charge on any atom is 0.244 e. The first-order chi connectivity index (χ1) is 11.8. The van der Waals surface area contributed by atoms with Gasteiger partial charge in [-0.3, -0.25) is 0 Å². The molecule has 1 atom stereocenters. The molecule has 0 saturated carbocycles. The number of benzene rings is 2. The molecule has 0 bridgehead atoms. The largest absolute Gasteiger partial charge is 0.244 e. The zero-order valence-electron chi connectivity index (χ0n) is 13.4. The van der Waals surface area contributed by atoms with Gasteiger partial charge in [0.15, 0.2) is 9.84 Å². The number of rotatable bonds is 5. The molecule has 1 aliphatic rings. The second-order valence-electron chi connectivity index (χ2n) is 5.94. The molecule has 0 amide bonds. The molecule has 1 heterocycles. The van der Waals surface area contributed by atoms with Gasteiger partial charge in [-0.05, 0) is 37.1 Å². The van der Waals surface area contributed by atoms with Crippen molar-refractivity contribution in [1.82, 2.24) is 4.31 Å². The van der Waals surface area contributed by atoms with Gasteiger partial charge in [-0.2, -0.15) is 4.31 Å². The summed E-state index contributed by atoms with van der Waals surface area (Å²) in [4.78, 5) is 0.220. The first kappa shape index (κ1) is 18.4. The Bertz CT molecular complexity index is 959. The second kappa shape index (κ2) is 7.07. The number of hydrogen-bond acceptors (Lipinski definition) is 4. The number of halogens is 1. The zero-order chi connectivity index (χ0) is 18.1. The van der Waals surface area contributed by atoms with E-state index in [4.69, 9.17) is 11.6 Å². The quantitative estimate of drug-likeness (QED) is 0.774. The highest BCUT2D eigenvalue weighted by Gasteiger charge is 2.38. The fraction of sp³-hybridized carbons (Fsp3) is 0.294. The molecule has 25 heavy (non-hydrogen) atoms. The van der Waals surface area contributed by atoms with Crippen molar-refractivity contribution >= 4 is 31.5 Å². The summed E-state index contributed by atoms with van der Waals surface area (Å²) in [5, 5.41) is 0.138. The van der Waals surface area contributed by atoms with Crippen LogP contribution in [0.15, 0.2) is 64.4 Å². The third-order valence-electron chi connectivity index (χ3n) is 4.26. The van der Waals surface area contributed by atoms with E-state index in [2.05, 4.69) is 0 Å². The van der Waals surface area contributed by atoms with Crippen LogP contribution in [0.1, 0.15) is 12.8 Å². The molecule has 0 radical (unpaired) electrons. The lowest BCUT2D eigenvalue weighted by Gasteiger charge is -2.24. The summed E-state index contributed by atoms with van der Waals surface area (Å²) in [5.74, 6) is -0.235. The number of hydrogen-bond donors (Lipinski definition) is 0. The summed E-state index contributed by atoms with van der Waals surface area (Å²) in [6, 6.07) is 13.7. The van der Waals surface area contributed by atoms with Crippen LogP contribution in [0, 0.1) is 0 Å². The van der Waals surface area contributed by atoms with Gasteiger partial charge >= 0.3 is 0 Å². The molecule has 1 fully saturated rings. The molecule has 0 aliphatic carbocycles.